The summed E-state index contributed by atoms with van der Waals surface area (Å²) in [6.07, 6.45) is 0. The van der Waals surface area contributed by atoms with Crippen molar-refractivity contribution in [2.24, 2.45) is 0 Å². The number of hydrogen-bond acceptors (Lipinski definition) is 1. The molecule has 5 heteroatoms. The van der Waals surface area contributed by atoms with Gasteiger partial charge in [-0.3, -0.25) is 0 Å². The Bertz CT molecular complexity index is 110. The molecule has 0 aliphatic rings. The van der Waals surface area contributed by atoms with Crippen molar-refractivity contribution in [3.8, 4) is 0 Å². The maximum Gasteiger partial charge on any atom is 0.321 e. The molecule has 0 aliphatic carbocycles. The van der Waals surface area contributed by atoms with Gasteiger partial charge in [-0.2, -0.15) is 8.78 Å². The highest BCUT2D eigenvalue weighted by molar-refractivity contribution is 6.28. The van der Waals surface area contributed by atoms with E-state index in [2.05, 4.69) is 16.3 Å². The summed E-state index contributed by atoms with van der Waals surface area (Å²) in [5.74, 6) is 0. The van der Waals surface area contributed by atoms with Crippen molar-refractivity contribution in [2.45, 2.75) is 0 Å². The lowest BCUT2D eigenvalue weighted by Gasteiger charge is -1.96. The Morgan fingerprint density at radius 3 is 2.33 bits per heavy atom. The van der Waals surface area contributed by atoms with Gasteiger partial charge in [0.25, 0.3) is 5.29 Å². The van der Waals surface area contributed by atoms with Crippen molar-refractivity contribution in [3.63, 3.8) is 0 Å². The van der Waals surface area contributed by atoms with Gasteiger partial charge in [0.1, 0.15) is 13.3 Å². The third kappa shape index (κ3) is 4.14. The van der Waals surface area contributed by atoms with Crippen LogP contribution in [0.15, 0.2) is 11.3 Å². The average molecular weight is 161 g/mol. The highest BCUT2D eigenvalue weighted by atomic mass is 35.5. The van der Waals surface area contributed by atoms with Crippen LogP contribution in [-0.2, 0) is 4.74 Å². The third-order valence-corrected chi connectivity index (χ3v) is 0.603. The zero-order valence-electron chi connectivity index (χ0n) is 4.33. The number of alkyl halides is 1. The van der Waals surface area contributed by atoms with Crippen LogP contribution in [0.5, 0.6) is 0 Å². The van der Waals surface area contributed by atoms with E-state index >= 15 is 0 Å². The molecular weight excluding hydrogens is 156 g/mol. The predicted octanol–water partition coefficient (Wildman–Crippen LogP) is 2.28. The predicted molar refractivity (Wildman–Crippen MR) is 27.0 cm³/mol. The molecule has 0 saturated carbocycles. The molecular formula is C4H4ClF3O. The summed E-state index contributed by atoms with van der Waals surface area (Å²) in [5.41, 5.74) is 0. The monoisotopic (exact) mass is 160 g/mol. The molecule has 0 aromatic rings. The molecule has 0 atom stereocenters. The maximum absolute atomic E-state index is 11.7. The SMILES string of the molecule is FCCOC(F)=C(F)Cl. The molecule has 1 nitrogen and oxygen atoms in total. The molecule has 0 aromatic carbocycles. The first-order valence-corrected chi connectivity index (χ1v) is 2.45. The standard InChI is InChI=1S/C4H4ClF3O/c5-3(7)4(8)9-2-1-6/h1-2H2. The van der Waals surface area contributed by atoms with Crippen LogP contribution in [0.3, 0.4) is 0 Å². The highest BCUT2D eigenvalue weighted by Gasteiger charge is 2.01. The molecule has 0 N–H and O–H groups in total. The largest absolute Gasteiger partial charge is 0.465 e. The minimum absolute atomic E-state index is 0.522. The Morgan fingerprint density at radius 1 is 1.44 bits per heavy atom. The highest BCUT2D eigenvalue weighted by Crippen LogP contribution is 2.12. The van der Waals surface area contributed by atoms with Gasteiger partial charge in [0.15, 0.2) is 0 Å². The molecule has 0 rings (SSSR count). The van der Waals surface area contributed by atoms with Gasteiger partial charge in [0.05, 0.1) is 0 Å². The lowest BCUT2D eigenvalue weighted by Crippen LogP contribution is -1.92. The molecule has 0 aromatic heterocycles. The van der Waals surface area contributed by atoms with Crippen molar-refractivity contribution in [2.75, 3.05) is 13.3 Å². The van der Waals surface area contributed by atoms with Gasteiger partial charge in [0.2, 0.25) is 0 Å². The third-order valence-electron chi connectivity index (χ3n) is 0.455. The molecule has 0 unspecified atom stereocenters. The van der Waals surface area contributed by atoms with Crippen molar-refractivity contribution in [3.05, 3.63) is 11.3 Å². The summed E-state index contributed by atoms with van der Waals surface area (Å²) in [6, 6.07) is -1.57. The fourth-order valence-electron chi connectivity index (χ4n) is 0.183. The second kappa shape index (κ2) is 4.49. The van der Waals surface area contributed by atoms with E-state index in [1.807, 2.05) is 0 Å². The van der Waals surface area contributed by atoms with Gasteiger partial charge in [-0.1, -0.05) is 0 Å². The number of ether oxygens (including phenoxy) is 1. The molecule has 0 saturated heterocycles. The maximum atomic E-state index is 11.7. The van der Waals surface area contributed by atoms with E-state index in [1.54, 1.807) is 0 Å². The number of rotatable bonds is 3. The summed E-state index contributed by atoms with van der Waals surface area (Å²) in [5, 5.41) is -1.59. The Balaban J connectivity index is 3.50. The Morgan fingerprint density at radius 2 is 2.00 bits per heavy atom. The molecule has 9 heavy (non-hydrogen) atoms. The second-order valence-corrected chi connectivity index (χ2v) is 1.40. The summed E-state index contributed by atoms with van der Waals surface area (Å²) in [7, 11) is 0. The number of hydrogen-bond donors (Lipinski definition) is 0. The van der Waals surface area contributed by atoms with Crippen molar-refractivity contribution >= 4 is 11.6 Å². The molecule has 0 heterocycles. The fraction of sp³-hybridized carbons (Fsp3) is 0.500. The van der Waals surface area contributed by atoms with Crippen molar-refractivity contribution in [1.82, 2.24) is 0 Å². The van der Waals surface area contributed by atoms with E-state index in [1.165, 1.54) is 0 Å². The van der Waals surface area contributed by atoms with Crippen molar-refractivity contribution < 1.29 is 17.9 Å². The summed E-state index contributed by atoms with van der Waals surface area (Å²) in [4.78, 5) is 0. The summed E-state index contributed by atoms with van der Waals surface area (Å²) >= 11 is 4.45. The molecule has 0 bridgehead atoms. The van der Waals surface area contributed by atoms with Gasteiger partial charge in [0, 0.05) is 0 Å². The number of halogens is 4. The van der Waals surface area contributed by atoms with Crippen LogP contribution in [0, 0.1) is 0 Å². The molecule has 0 fully saturated rings. The molecule has 0 amide bonds. The smallest absolute Gasteiger partial charge is 0.321 e. The van der Waals surface area contributed by atoms with Crippen LogP contribution in [0.4, 0.5) is 13.2 Å². The fourth-order valence-corrected chi connectivity index (χ4v) is 0.237. The first-order valence-electron chi connectivity index (χ1n) is 2.08. The first-order chi connectivity index (χ1) is 4.18. The van der Waals surface area contributed by atoms with Crippen LogP contribution in [0.2, 0.25) is 0 Å². The minimum Gasteiger partial charge on any atom is -0.465 e. The zero-order chi connectivity index (χ0) is 7.28. The molecule has 0 spiro atoms. The zero-order valence-corrected chi connectivity index (χ0v) is 5.09. The molecule has 54 valence electrons. The lowest BCUT2D eigenvalue weighted by molar-refractivity contribution is 0.123. The van der Waals surface area contributed by atoms with Crippen LogP contribution in [0.1, 0.15) is 0 Å². The van der Waals surface area contributed by atoms with Crippen LogP contribution >= 0.6 is 11.6 Å². The lowest BCUT2D eigenvalue weighted by atomic mass is 10.8. The van der Waals surface area contributed by atoms with E-state index in [0.29, 0.717) is 0 Å². The molecule has 0 aliphatic heterocycles. The Hall–Kier alpha value is -0.380. The van der Waals surface area contributed by atoms with E-state index in [9.17, 15) is 13.2 Å². The van der Waals surface area contributed by atoms with E-state index < -0.39 is 24.6 Å². The summed E-state index contributed by atoms with van der Waals surface area (Å²) in [6.45, 7) is -1.40. The second-order valence-electron chi connectivity index (χ2n) is 1.07. The Kier molecular flexibility index (Phi) is 4.30. The van der Waals surface area contributed by atoms with Gasteiger partial charge >= 0.3 is 6.01 Å². The summed E-state index contributed by atoms with van der Waals surface area (Å²) < 4.78 is 38.1. The quantitative estimate of drug-likeness (QED) is 0.576. The average Bonchev–Trinajstić information content (AvgIpc) is 1.82. The van der Waals surface area contributed by atoms with E-state index in [4.69, 9.17) is 0 Å². The van der Waals surface area contributed by atoms with E-state index in [-0.39, 0.29) is 0 Å². The first kappa shape index (κ1) is 8.62. The van der Waals surface area contributed by atoms with Crippen LogP contribution < -0.4 is 0 Å². The van der Waals surface area contributed by atoms with Crippen LogP contribution in [0.25, 0.3) is 0 Å². The van der Waals surface area contributed by atoms with Gasteiger partial charge in [-0.05, 0) is 11.6 Å². The normalized spacial score (nSPS) is 12.9. The van der Waals surface area contributed by atoms with E-state index in [0.717, 1.165) is 0 Å². The van der Waals surface area contributed by atoms with Crippen molar-refractivity contribution in [1.29, 1.82) is 0 Å². The van der Waals surface area contributed by atoms with Crippen LogP contribution in [-0.4, -0.2) is 13.3 Å². The topological polar surface area (TPSA) is 9.23 Å². The molecule has 0 radical (unpaired) electrons. The Labute approximate surface area is 55.1 Å². The van der Waals surface area contributed by atoms with Gasteiger partial charge in [-0.15, -0.1) is 0 Å². The minimum atomic E-state index is -1.59. The van der Waals surface area contributed by atoms with Gasteiger partial charge in [-0.25, -0.2) is 4.39 Å². The van der Waals surface area contributed by atoms with Gasteiger partial charge < -0.3 is 4.74 Å².